The monoisotopic (exact) mass is 395 g/mol. The predicted molar refractivity (Wildman–Crippen MR) is 117 cm³/mol. The summed E-state index contributed by atoms with van der Waals surface area (Å²) in [5, 5.41) is 5.62. The van der Waals surface area contributed by atoms with Crippen LogP contribution in [0.5, 0.6) is 0 Å². The molecule has 1 heterocycles. The second-order valence-electron chi connectivity index (χ2n) is 7.77. The molecular weight excluding hydrogens is 364 g/mol. The molecule has 0 saturated carbocycles. The van der Waals surface area contributed by atoms with E-state index in [0.29, 0.717) is 6.54 Å². The van der Waals surface area contributed by atoms with E-state index < -0.39 is 0 Å². The van der Waals surface area contributed by atoms with Gasteiger partial charge >= 0.3 is 0 Å². The van der Waals surface area contributed by atoms with Crippen molar-refractivity contribution in [3.63, 3.8) is 0 Å². The minimum atomic E-state index is -0.202. The van der Waals surface area contributed by atoms with Gasteiger partial charge in [-0.25, -0.2) is 0 Å². The molecule has 1 fully saturated rings. The lowest BCUT2D eigenvalue weighted by Gasteiger charge is -2.34. The summed E-state index contributed by atoms with van der Waals surface area (Å²) in [5.41, 5.74) is 5.52. The largest absolute Gasteiger partial charge is 0.360 e. The number of nitrogens with one attached hydrogen (secondary N) is 3. The van der Waals surface area contributed by atoms with Gasteiger partial charge in [0.05, 0.1) is 32.7 Å². The highest BCUT2D eigenvalue weighted by Crippen LogP contribution is 2.19. The van der Waals surface area contributed by atoms with E-state index in [9.17, 15) is 9.59 Å². The molecule has 1 saturated heterocycles. The molecule has 6 heteroatoms. The number of hydrogen-bond donors (Lipinski definition) is 3. The fourth-order valence-corrected chi connectivity index (χ4v) is 3.71. The number of carbonyl (C=O) groups excluding carboxylic acids is 2. The van der Waals surface area contributed by atoms with Crippen LogP contribution in [-0.4, -0.2) is 51.1 Å². The van der Waals surface area contributed by atoms with E-state index in [1.807, 2.05) is 32.0 Å². The van der Waals surface area contributed by atoms with Crippen LogP contribution in [0.25, 0.3) is 0 Å². The molecule has 0 bridgehead atoms. The number of amides is 2. The minimum Gasteiger partial charge on any atom is -0.360 e. The molecule has 0 atom stereocenters. The van der Waals surface area contributed by atoms with Crippen LogP contribution in [0, 0.1) is 20.8 Å². The van der Waals surface area contributed by atoms with E-state index in [-0.39, 0.29) is 18.4 Å². The standard InChI is InChI=1S/C23H30N4O2/c1-17-8-6-9-20(19(17)3)25-22(28)15-24-23(29)16-26-11-13-27(14-12-26)21-10-5-4-7-18(21)2/h4-10H,11-16H2,1-3H3,(H,24,29)(H,25,28)/p+1. The molecular formula is C23H31N4O2+. The second kappa shape index (κ2) is 9.56. The fraction of sp³-hybridized carbons (Fsp3) is 0.391. The lowest BCUT2D eigenvalue weighted by atomic mass is 10.1. The quantitative estimate of drug-likeness (QED) is 0.686. The van der Waals surface area contributed by atoms with Crippen LogP contribution in [-0.2, 0) is 9.59 Å². The fourth-order valence-electron chi connectivity index (χ4n) is 3.71. The maximum Gasteiger partial charge on any atom is 0.275 e. The zero-order chi connectivity index (χ0) is 20.8. The molecule has 0 aliphatic carbocycles. The third kappa shape index (κ3) is 5.57. The van der Waals surface area contributed by atoms with Gasteiger partial charge in [-0.3, -0.25) is 9.59 Å². The highest BCUT2D eigenvalue weighted by Gasteiger charge is 2.23. The maximum absolute atomic E-state index is 12.3. The van der Waals surface area contributed by atoms with Crippen molar-refractivity contribution in [2.45, 2.75) is 20.8 Å². The molecule has 0 aromatic heterocycles. The van der Waals surface area contributed by atoms with Gasteiger partial charge in [-0.2, -0.15) is 0 Å². The normalized spacial score (nSPS) is 14.5. The summed E-state index contributed by atoms with van der Waals surface area (Å²) in [7, 11) is 0. The Morgan fingerprint density at radius 1 is 0.931 bits per heavy atom. The van der Waals surface area contributed by atoms with E-state index >= 15 is 0 Å². The molecule has 3 N–H and O–H groups in total. The van der Waals surface area contributed by atoms with E-state index in [2.05, 4.69) is 46.7 Å². The first kappa shape index (κ1) is 20.9. The van der Waals surface area contributed by atoms with E-state index in [1.165, 1.54) is 16.2 Å². The van der Waals surface area contributed by atoms with Gasteiger partial charge in [-0.15, -0.1) is 0 Å². The van der Waals surface area contributed by atoms with Crippen molar-refractivity contribution in [3.05, 3.63) is 59.2 Å². The van der Waals surface area contributed by atoms with Gasteiger partial charge in [0.1, 0.15) is 0 Å². The van der Waals surface area contributed by atoms with Crippen molar-refractivity contribution in [1.82, 2.24) is 5.32 Å². The summed E-state index contributed by atoms with van der Waals surface area (Å²) in [5.74, 6) is -0.285. The number of anilines is 2. The highest BCUT2D eigenvalue weighted by molar-refractivity contribution is 5.95. The number of nitrogens with zero attached hydrogens (tertiary/aromatic N) is 1. The molecule has 29 heavy (non-hydrogen) atoms. The molecule has 1 aliphatic heterocycles. The molecule has 2 aromatic rings. The maximum atomic E-state index is 12.3. The summed E-state index contributed by atoms with van der Waals surface area (Å²) in [6.45, 7) is 10.2. The average Bonchev–Trinajstić information content (AvgIpc) is 2.71. The van der Waals surface area contributed by atoms with E-state index in [1.54, 1.807) is 0 Å². The number of hydrogen-bond acceptors (Lipinski definition) is 3. The Morgan fingerprint density at radius 3 is 2.34 bits per heavy atom. The SMILES string of the molecule is Cc1ccccc1N1CC[NH+](CC(=O)NCC(=O)Nc2cccc(C)c2C)CC1. The molecule has 0 radical (unpaired) electrons. The molecule has 154 valence electrons. The number of aryl methyl sites for hydroxylation is 2. The molecule has 0 unspecified atom stereocenters. The summed E-state index contributed by atoms with van der Waals surface area (Å²) >= 11 is 0. The van der Waals surface area contributed by atoms with Gasteiger partial charge < -0.3 is 20.4 Å². The summed E-state index contributed by atoms with van der Waals surface area (Å²) in [6.07, 6.45) is 0. The van der Waals surface area contributed by atoms with Crippen molar-refractivity contribution in [3.8, 4) is 0 Å². The van der Waals surface area contributed by atoms with Gasteiger partial charge in [0.25, 0.3) is 5.91 Å². The molecule has 6 nitrogen and oxygen atoms in total. The average molecular weight is 396 g/mol. The Hall–Kier alpha value is -2.86. The lowest BCUT2D eigenvalue weighted by Crippen LogP contribution is -3.16. The van der Waals surface area contributed by atoms with Crippen LogP contribution in [0.15, 0.2) is 42.5 Å². The van der Waals surface area contributed by atoms with Crippen molar-refractivity contribution >= 4 is 23.2 Å². The smallest absolute Gasteiger partial charge is 0.275 e. The predicted octanol–water partition coefficient (Wildman–Crippen LogP) is 1.07. The van der Waals surface area contributed by atoms with Gasteiger partial charge in [0, 0.05) is 11.4 Å². The van der Waals surface area contributed by atoms with Gasteiger partial charge in [0.2, 0.25) is 5.91 Å². The van der Waals surface area contributed by atoms with Crippen LogP contribution >= 0.6 is 0 Å². The molecule has 2 amide bonds. The van der Waals surface area contributed by atoms with E-state index in [4.69, 9.17) is 0 Å². The first-order valence-electron chi connectivity index (χ1n) is 10.2. The Morgan fingerprint density at radius 2 is 1.62 bits per heavy atom. The number of piperazine rings is 1. The van der Waals surface area contributed by atoms with Gasteiger partial charge in [-0.1, -0.05) is 30.3 Å². The van der Waals surface area contributed by atoms with Crippen LogP contribution in [0.1, 0.15) is 16.7 Å². The van der Waals surface area contributed by atoms with Crippen LogP contribution in [0.3, 0.4) is 0 Å². The van der Waals surface area contributed by atoms with Crippen molar-refractivity contribution in [2.75, 3.05) is 49.5 Å². The lowest BCUT2D eigenvalue weighted by molar-refractivity contribution is -0.892. The number of carbonyl (C=O) groups is 2. The second-order valence-corrected chi connectivity index (χ2v) is 7.77. The third-order valence-electron chi connectivity index (χ3n) is 5.66. The molecule has 2 aromatic carbocycles. The molecule has 0 spiro atoms. The molecule has 1 aliphatic rings. The topological polar surface area (TPSA) is 65.9 Å². The van der Waals surface area contributed by atoms with Crippen molar-refractivity contribution < 1.29 is 14.5 Å². The number of quaternary nitrogens is 1. The third-order valence-corrected chi connectivity index (χ3v) is 5.66. The Bertz CT molecular complexity index is 873. The van der Waals surface area contributed by atoms with Gasteiger partial charge in [0.15, 0.2) is 6.54 Å². The molecule has 3 rings (SSSR count). The summed E-state index contributed by atoms with van der Waals surface area (Å²) in [4.78, 5) is 28.1. The van der Waals surface area contributed by atoms with Crippen molar-refractivity contribution in [2.24, 2.45) is 0 Å². The van der Waals surface area contributed by atoms with E-state index in [0.717, 1.165) is 43.0 Å². The number of benzene rings is 2. The van der Waals surface area contributed by atoms with Crippen LogP contribution < -0.4 is 20.4 Å². The Balaban J connectivity index is 1.41. The Labute approximate surface area is 172 Å². The number of para-hydroxylation sites is 1. The highest BCUT2D eigenvalue weighted by atomic mass is 16.2. The summed E-state index contributed by atoms with van der Waals surface area (Å²) in [6, 6.07) is 14.2. The van der Waals surface area contributed by atoms with Crippen LogP contribution in [0.4, 0.5) is 11.4 Å². The first-order valence-corrected chi connectivity index (χ1v) is 10.2. The van der Waals surface area contributed by atoms with Crippen molar-refractivity contribution in [1.29, 1.82) is 0 Å². The first-order chi connectivity index (χ1) is 13.9. The van der Waals surface area contributed by atoms with Gasteiger partial charge in [-0.05, 0) is 49.6 Å². The summed E-state index contributed by atoms with van der Waals surface area (Å²) < 4.78 is 0. The zero-order valence-corrected chi connectivity index (χ0v) is 17.5. The minimum absolute atomic E-state index is 0.00513. The van der Waals surface area contributed by atoms with Crippen LogP contribution in [0.2, 0.25) is 0 Å². The zero-order valence-electron chi connectivity index (χ0n) is 17.5. The number of rotatable bonds is 6. The Kier molecular flexibility index (Phi) is 6.88.